The standard InChI is InChI=1S/C31H43N5O4S/c1-4-40-18-17-36(41(38,39)29-24(2)9-7-10-25(29)3)20-26(37)19-34-15-8-13-31(21-34)14-16-35(22-31)30-27-11-5-6-12-28(27)32-23-33-30/h5-7,9-12,23,26,37H,4,8,13-22H2,1-3H3/p+1/t26-,31+/m0/s1. The molecule has 0 radical (unpaired) electrons. The second-order valence-electron chi connectivity index (χ2n) is 11.8. The molecule has 2 fully saturated rings. The number of aromatic nitrogens is 2. The van der Waals surface area contributed by atoms with Gasteiger partial charge < -0.3 is 19.6 Å². The molecule has 2 N–H and O–H groups in total. The van der Waals surface area contributed by atoms with Crippen molar-refractivity contribution < 1.29 is 23.2 Å². The molecular formula is C31H44N5O4S+. The van der Waals surface area contributed by atoms with Crippen LogP contribution in [0.3, 0.4) is 0 Å². The first-order chi connectivity index (χ1) is 19.7. The summed E-state index contributed by atoms with van der Waals surface area (Å²) in [6.45, 7) is 11.0. The van der Waals surface area contributed by atoms with Crippen LogP contribution < -0.4 is 9.80 Å². The summed E-state index contributed by atoms with van der Waals surface area (Å²) in [5.74, 6) is 1.00. The molecule has 2 aromatic carbocycles. The molecular weight excluding hydrogens is 538 g/mol. The number of aryl methyl sites for hydroxylation is 2. The third-order valence-corrected chi connectivity index (χ3v) is 10.9. The smallest absolute Gasteiger partial charge is 0.243 e. The zero-order chi connectivity index (χ0) is 29.0. The number of para-hydroxylation sites is 1. The molecule has 2 aliphatic heterocycles. The fraction of sp³-hybridized carbons (Fsp3) is 0.548. The van der Waals surface area contributed by atoms with Gasteiger partial charge in [-0.1, -0.05) is 30.3 Å². The number of sulfonamides is 1. The molecule has 0 amide bonds. The second kappa shape index (κ2) is 12.7. The molecule has 3 heterocycles. The first-order valence-electron chi connectivity index (χ1n) is 14.8. The molecule has 0 saturated carbocycles. The molecule has 3 aromatic rings. The minimum absolute atomic E-state index is 0.0543. The third-order valence-electron chi connectivity index (χ3n) is 8.76. The molecule has 1 spiro atoms. The largest absolute Gasteiger partial charge is 0.386 e. The molecule has 222 valence electrons. The van der Waals surface area contributed by atoms with Crippen LogP contribution in [-0.4, -0.2) is 92.9 Å². The Hall–Kier alpha value is -2.63. The minimum atomic E-state index is -3.79. The van der Waals surface area contributed by atoms with Crippen LogP contribution in [0.15, 0.2) is 53.7 Å². The van der Waals surface area contributed by atoms with E-state index in [0.717, 1.165) is 62.2 Å². The zero-order valence-electron chi connectivity index (χ0n) is 24.6. The van der Waals surface area contributed by atoms with E-state index in [-0.39, 0.29) is 18.5 Å². The molecule has 41 heavy (non-hydrogen) atoms. The van der Waals surface area contributed by atoms with E-state index in [1.165, 1.54) is 9.21 Å². The Kier molecular flexibility index (Phi) is 9.25. The Morgan fingerprint density at radius 3 is 2.68 bits per heavy atom. The van der Waals surface area contributed by atoms with Gasteiger partial charge in [0, 0.05) is 43.6 Å². The molecule has 1 aromatic heterocycles. The van der Waals surface area contributed by atoms with Crippen LogP contribution >= 0.6 is 0 Å². The molecule has 3 atom stereocenters. The maximum atomic E-state index is 13.8. The Balaban J connectivity index is 1.26. The van der Waals surface area contributed by atoms with Gasteiger partial charge in [-0.05, 0) is 63.3 Å². The van der Waals surface area contributed by atoms with Gasteiger partial charge in [-0.15, -0.1) is 0 Å². The first kappa shape index (κ1) is 29.8. The van der Waals surface area contributed by atoms with Crippen LogP contribution in [0.1, 0.15) is 37.3 Å². The number of ether oxygens (including phenoxy) is 1. The molecule has 9 nitrogen and oxygen atoms in total. The summed E-state index contributed by atoms with van der Waals surface area (Å²) in [6, 6.07) is 13.7. The number of hydrogen-bond donors (Lipinski definition) is 2. The van der Waals surface area contributed by atoms with Gasteiger partial charge >= 0.3 is 0 Å². The van der Waals surface area contributed by atoms with E-state index >= 15 is 0 Å². The minimum Gasteiger partial charge on any atom is -0.386 e. The number of aliphatic hydroxyl groups is 1. The lowest BCUT2D eigenvalue weighted by Gasteiger charge is -2.38. The highest BCUT2D eigenvalue weighted by Gasteiger charge is 2.45. The highest BCUT2D eigenvalue weighted by atomic mass is 32.2. The summed E-state index contributed by atoms with van der Waals surface area (Å²) in [5, 5.41) is 12.3. The van der Waals surface area contributed by atoms with Crippen molar-refractivity contribution in [1.82, 2.24) is 14.3 Å². The molecule has 2 aliphatic rings. The van der Waals surface area contributed by atoms with Crippen LogP contribution in [0.4, 0.5) is 5.82 Å². The maximum Gasteiger partial charge on any atom is 0.243 e. The number of piperidine rings is 1. The molecule has 1 unspecified atom stereocenters. The Labute approximate surface area is 244 Å². The van der Waals surface area contributed by atoms with E-state index in [4.69, 9.17) is 4.74 Å². The van der Waals surface area contributed by atoms with E-state index in [2.05, 4.69) is 20.9 Å². The van der Waals surface area contributed by atoms with E-state index in [1.54, 1.807) is 6.33 Å². The molecule has 0 bridgehead atoms. The third kappa shape index (κ3) is 6.57. The van der Waals surface area contributed by atoms with Crippen molar-refractivity contribution in [2.24, 2.45) is 5.41 Å². The number of benzene rings is 2. The lowest BCUT2D eigenvalue weighted by Crippen LogP contribution is -3.15. The number of quaternary nitrogens is 1. The summed E-state index contributed by atoms with van der Waals surface area (Å²) in [5.41, 5.74) is 2.55. The summed E-state index contributed by atoms with van der Waals surface area (Å²) in [6.07, 6.45) is 4.22. The van der Waals surface area contributed by atoms with Crippen LogP contribution in [0.25, 0.3) is 10.9 Å². The van der Waals surface area contributed by atoms with Crippen molar-refractivity contribution >= 4 is 26.7 Å². The normalized spacial score (nSPS) is 22.2. The fourth-order valence-electron chi connectivity index (χ4n) is 6.89. The average Bonchev–Trinajstić information content (AvgIpc) is 3.34. The summed E-state index contributed by atoms with van der Waals surface area (Å²) >= 11 is 0. The van der Waals surface area contributed by atoms with Crippen molar-refractivity contribution in [2.75, 3.05) is 63.9 Å². The summed E-state index contributed by atoms with van der Waals surface area (Å²) < 4.78 is 34.5. The second-order valence-corrected chi connectivity index (χ2v) is 13.7. The van der Waals surface area contributed by atoms with Gasteiger partial charge in [0.1, 0.15) is 24.8 Å². The van der Waals surface area contributed by atoms with E-state index in [1.807, 2.05) is 57.2 Å². The van der Waals surface area contributed by atoms with Crippen molar-refractivity contribution in [3.05, 3.63) is 59.9 Å². The topological polar surface area (TPSA) is 100 Å². The predicted molar refractivity (Wildman–Crippen MR) is 161 cm³/mol. The first-order valence-corrected chi connectivity index (χ1v) is 16.3. The van der Waals surface area contributed by atoms with Gasteiger partial charge in [0.15, 0.2) is 0 Å². The van der Waals surface area contributed by atoms with Gasteiger partial charge in [-0.2, -0.15) is 4.31 Å². The molecule has 0 aliphatic carbocycles. The Bertz CT molecular complexity index is 1430. The van der Waals surface area contributed by atoms with Crippen LogP contribution in [0, 0.1) is 19.3 Å². The van der Waals surface area contributed by atoms with Gasteiger partial charge in [-0.3, -0.25) is 0 Å². The van der Waals surface area contributed by atoms with Gasteiger partial charge in [0.25, 0.3) is 0 Å². The van der Waals surface area contributed by atoms with Crippen molar-refractivity contribution in [2.45, 2.75) is 51.0 Å². The number of anilines is 1. The number of fused-ring (bicyclic) bond motifs is 1. The highest BCUT2D eigenvalue weighted by molar-refractivity contribution is 7.89. The monoisotopic (exact) mass is 582 g/mol. The summed E-state index contributed by atoms with van der Waals surface area (Å²) in [4.78, 5) is 13.2. The SMILES string of the molecule is CCOCCN(C[C@@H](O)C[NH+]1CCC[C@@]2(CCN(c3ncnc4ccccc34)C2)C1)S(=O)(=O)c1c(C)cccc1C. The maximum absolute atomic E-state index is 13.8. The number of aliphatic hydroxyl groups excluding tert-OH is 1. The van der Waals surface area contributed by atoms with Gasteiger partial charge in [-0.25, -0.2) is 18.4 Å². The quantitative estimate of drug-likeness (QED) is 0.335. The van der Waals surface area contributed by atoms with Crippen molar-refractivity contribution in [3.8, 4) is 0 Å². The van der Waals surface area contributed by atoms with Crippen molar-refractivity contribution in [3.63, 3.8) is 0 Å². The molecule has 10 heteroatoms. The predicted octanol–water partition coefficient (Wildman–Crippen LogP) is 2.21. The van der Waals surface area contributed by atoms with E-state index in [9.17, 15) is 13.5 Å². The fourth-order valence-corrected chi connectivity index (χ4v) is 8.78. The van der Waals surface area contributed by atoms with Gasteiger partial charge in [0.05, 0.1) is 30.1 Å². The number of hydrogen-bond acceptors (Lipinski definition) is 7. The lowest BCUT2D eigenvalue weighted by atomic mass is 9.79. The number of nitrogens with zero attached hydrogens (tertiary/aromatic N) is 4. The lowest BCUT2D eigenvalue weighted by molar-refractivity contribution is -0.915. The Morgan fingerprint density at radius 2 is 1.90 bits per heavy atom. The summed E-state index contributed by atoms with van der Waals surface area (Å²) in [7, 11) is -3.79. The molecule has 2 saturated heterocycles. The van der Waals surface area contributed by atoms with Crippen LogP contribution in [0.2, 0.25) is 0 Å². The van der Waals surface area contributed by atoms with Crippen LogP contribution in [0.5, 0.6) is 0 Å². The van der Waals surface area contributed by atoms with Crippen molar-refractivity contribution in [1.29, 1.82) is 0 Å². The number of rotatable bonds is 11. The van der Waals surface area contributed by atoms with Gasteiger partial charge in [0.2, 0.25) is 10.0 Å². The van der Waals surface area contributed by atoms with Crippen LogP contribution in [-0.2, 0) is 14.8 Å². The molecule has 5 rings (SSSR count). The zero-order valence-corrected chi connectivity index (χ0v) is 25.4. The number of likely N-dealkylation sites (tertiary alicyclic amines) is 1. The Morgan fingerprint density at radius 1 is 1.12 bits per heavy atom. The highest BCUT2D eigenvalue weighted by Crippen LogP contribution is 2.38. The average molecular weight is 583 g/mol. The van der Waals surface area contributed by atoms with E-state index < -0.39 is 16.1 Å². The van der Waals surface area contributed by atoms with E-state index in [0.29, 0.717) is 35.8 Å². The number of nitrogens with one attached hydrogen (secondary N) is 1.